The molecule has 1 aliphatic carbocycles. The molecule has 0 fully saturated rings. The summed E-state index contributed by atoms with van der Waals surface area (Å²) in [4.78, 5) is 26.1. The standard InChI is InChI=1S/C25H18ClN3O3/c1-32-16-11-9-14(10-12-16)23-22-24(29-28-23)17-6-4-8-19(21(17)25(22)31)27-20(30)13-15-5-2-3-7-18(15)26/h2-12,24H,13H2,1H3,(H,27,30). The quantitative estimate of drug-likeness (QED) is 0.553. The third kappa shape index (κ3) is 3.39. The molecule has 0 bridgehead atoms. The first-order valence-electron chi connectivity index (χ1n) is 10.1. The van der Waals surface area contributed by atoms with Gasteiger partial charge in [-0.25, -0.2) is 0 Å². The van der Waals surface area contributed by atoms with Crippen molar-refractivity contribution in [3.63, 3.8) is 0 Å². The van der Waals surface area contributed by atoms with Gasteiger partial charge in [-0.05, 0) is 47.5 Å². The predicted molar refractivity (Wildman–Crippen MR) is 122 cm³/mol. The number of rotatable bonds is 5. The summed E-state index contributed by atoms with van der Waals surface area (Å²) in [5.74, 6) is 0.298. The topological polar surface area (TPSA) is 80.1 Å². The van der Waals surface area contributed by atoms with Gasteiger partial charge in [0.1, 0.15) is 17.5 Å². The van der Waals surface area contributed by atoms with Gasteiger partial charge < -0.3 is 10.1 Å². The van der Waals surface area contributed by atoms with E-state index in [-0.39, 0.29) is 18.1 Å². The van der Waals surface area contributed by atoms with Crippen LogP contribution in [-0.4, -0.2) is 18.8 Å². The number of halogens is 1. The second kappa shape index (κ2) is 8.05. The van der Waals surface area contributed by atoms with Crippen molar-refractivity contribution in [3.05, 3.63) is 99.6 Å². The zero-order chi connectivity index (χ0) is 22.2. The van der Waals surface area contributed by atoms with E-state index in [0.29, 0.717) is 27.5 Å². The van der Waals surface area contributed by atoms with Crippen LogP contribution in [0.15, 0.2) is 82.5 Å². The molecule has 32 heavy (non-hydrogen) atoms. The van der Waals surface area contributed by atoms with Crippen molar-refractivity contribution in [2.45, 2.75) is 12.5 Å². The molecule has 3 aromatic carbocycles. The number of amides is 1. The van der Waals surface area contributed by atoms with Crippen molar-refractivity contribution in [1.29, 1.82) is 0 Å². The lowest BCUT2D eigenvalue weighted by Crippen LogP contribution is -2.16. The lowest BCUT2D eigenvalue weighted by atomic mass is 10.0. The molecule has 3 aromatic rings. The van der Waals surface area contributed by atoms with Gasteiger partial charge in [-0.3, -0.25) is 9.59 Å². The van der Waals surface area contributed by atoms with Crippen LogP contribution >= 0.6 is 11.6 Å². The van der Waals surface area contributed by atoms with Gasteiger partial charge in [0.25, 0.3) is 0 Å². The average Bonchev–Trinajstić information content (AvgIpc) is 3.36. The molecule has 1 atom stereocenters. The Morgan fingerprint density at radius 1 is 1.06 bits per heavy atom. The normalized spacial score (nSPS) is 16.2. The summed E-state index contributed by atoms with van der Waals surface area (Å²) in [6.45, 7) is 0. The lowest BCUT2D eigenvalue weighted by molar-refractivity contribution is -0.115. The van der Waals surface area contributed by atoms with Crippen molar-refractivity contribution in [2.75, 3.05) is 12.4 Å². The molecule has 1 N–H and O–H groups in total. The highest BCUT2D eigenvalue weighted by Crippen LogP contribution is 2.49. The van der Waals surface area contributed by atoms with Crippen LogP contribution in [0, 0.1) is 0 Å². The third-order valence-electron chi connectivity index (χ3n) is 5.61. The fraction of sp³-hybridized carbons (Fsp3) is 0.120. The van der Waals surface area contributed by atoms with E-state index in [9.17, 15) is 9.59 Å². The summed E-state index contributed by atoms with van der Waals surface area (Å²) in [7, 11) is 1.60. The van der Waals surface area contributed by atoms with Crippen molar-refractivity contribution < 1.29 is 14.3 Å². The molecule has 1 aliphatic heterocycles. The molecule has 5 rings (SSSR count). The molecule has 0 aromatic heterocycles. The van der Waals surface area contributed by atoms with E-state index in [1.54, 1.807) is 31.4 Å². The minimum atomic E-state index is -0.463. The Kier molecular flexibility index (Phi) is 5.07. The second-order valence-corrected chi connectivity index (χ2v) is 7.93. The average molecular weight is 444 g/mol. The molecule has 7 heteroatoms. The molecular formula is C25H18ClN3O3. The van der Waals surface area contributed by atoms with Crippen LogP contribution < -0.4 is 10.1 Å². The number of Topliss-reactive ketones (excluding diaryl/α,β-unsaturated/α-hetero) is 1. The van der Waals surface area contributed by atoms with Crippen molar-refractivity contribution in [2.24, 2.45) is 10.2 Å². The van der Waals surface area contributed by atoms with Gasteiger partial charge >= 0.3 is 0 Å². The number of methoxy groups -OCH3 is 1. The maximum atomic E-state index is 13.4. The number of fused-ring (bicyclic) bond motifs is 3. The van der Waals surface area contributed by atoms with E-state index in [4.69, 9.17) is 16.3 Å². The van der Waals surface area contributed by atoms with Crippen molar-refractivity contribution in [1.82, 2.24) is 0 Å². The molecule has 0 saturated heterocycles. The number of azo groups is 1. The van der Waals surface area contributed by atoms with Crippen LogP contribution in [0.25, 0.3) is 5.70 Å². The fourth-order valence-corrected chi connectivity index (χ4v) is 4.27. The van der Waals surface area contributed by atoms with E-state index in [2.05, 4.69) is 15.5 Å². The summed E-state index contributed by atoms with van der Waals surface area (Å²) in [5, 5.41) is 12.1. The first-order chi connectivity index (χ1) is 15.6. The van der Waals surface area contributed by atoms with E-state index < -0.39 is 6.04 Å². The lowest BCUT2D eigenvalue weighted by Gasteiger charge is -2.10. The molecule has 0 spiro atoms. The molecular weight excluding hydrogens is 426 g/mol. The number of anilines is 1. The number of carbonyl (C=O) groups is 2. The van der Waals surface area contributed by atoms with Gasteiger partial charge in [-0.2, -0.15) is 10.2 Å². The van der Waals surface area contributed by atoms with E-state index in [1.165, 1.54) is 0 Å². The SMILES string of the molecule is COc1ccc(C2=C3C(=O)c4c(NC(=O)Cc5ccccc5Cl)cccc4C3N=N2)cc1. The Bertz CT molecular complexity index is 1310. The van der Waals surface area contributed by atoms with Gasteiger partial charge in [-0.1, -0.05) is 41.9 Å². The zero-order valence-electron chi connectivity index (χ0n) is 17.1. The molecule has 0 saturated carbocycles. The molecule has 1 heterocycles. The second-order valence-electron chi connectivity index (χ2n) is 7.52. The van der Waals surface area contributed by atoms with Crippen molar-refractivity contribution in [3.8, 4) is 5.75 Å². The number of benzene rings is 3. The van der Waals surface area contributed by atoms with E-state index in [1.807, 2.05) is 42.5 Å². The number of ether oxygens (including phenoxy) is 1. The highest BCUT2D eigenvalue weighted by atomic mass is 35.5. The van der Waals surface area contributed by atoms with Crippen LogP contribution in [0.1, 0.15) is 33.1 Å². The minimum Gasteiger partial charge on any atom is -0.497 e. The molecule has 1 amide bonds. The van der Waals surface area contributed by atoms with E-state index >= 15 is 0 Å². The summed E-state index contributed by atoms with van der Waals surface area (Å²) in [6.07, 6.45) is 0.112. The maximum Gasteiger partial charge on any atom is 0.228 e. The zero-order valence-corrected chi connectivity index (χ0v) is 17.9. The van der Waals surface area contributed by atoms with Gasteiger partial charge in [-0.15, -0.1) is 0 Å². The third-order valence-corrected chi connectivity index (χ3v) is 5.98. The Balaban J connectivity index is 1.46. The molecule has 1 unspecified atom stereocenters. The van der Waals surface area contributed by atoms with Gasteiger partial charge in [0, 0.05) is 10.6 Å². The Morgan fingerprint density at radius 3 is 2.59 bits per heavy atom. The van der Waals surface area contributed by atoms with Crippen LogP contribution in [0.5, 0.6) is 5.75 Å². The fourth-order valence-electron chi connectivity index (χ4n) is 4.07. The van der Waals surface area contributed by atoms with Crippen LogP contribution in [0.2, 0.25) is 5.02 Å². The molecule has 2 aliphatic rings. The Labute approximate surface area is 189 Å². The minimum absolute atomic E-state index is 0.112. The van der Waals surface area contributed by atoms with Gasteiger partial charge in [0.05, 0.1) is 30.4 Å². The van der Waals surface area contributed by atoms with Crippen LogP contribution in [0.3, 0.4) is 0 Å². The summed E-state index contributed by atoms with van der Waals surface area (Å²) < 4.78 is 5.21. The number of ketones is 1. The Morgan fingerprint density at radius 2 is 1.84 bits per heavy atom. The first-order valence-corrected chi connectivity index (χ1v) is 10.4. The van der Waals surface area contributed by atoms with Crippen LogP contribution in [-0.2, 0) is 11.2 Å². The molecule has 6 nitrogen and oxygen atoms in total. The number of carbonyl (C=O) groups excluding carboxylic acids is 2. The monoisotopic (exact) mass is 443 g/mol. The van der Waals surface area contributed by atoms with Gasteiger partial charge in [0.2, 0.25) is 5.91 Å². The number of hydrogen-bond acceptors (Lipinski definition) is 5. The van der Waals surface area contributed by atoms with Gasteiger partial charge in [0.15, 0.2) is 5.78 Å². The summed E-state index contributed by atoms with van der Waals surface area (Å²) in [6, 6.07) is 19.5. The largest absolute Gasteiger partial charge is 0.497 e. The number of nitrogens with one attached hydrogen (secondary N) is 1. The highest BCUT2D eigenvalue weighted by molar-refractivity contribution is 6.31. The molecule has 158 valence electrons. The Hall–Kier alpha value is -3.77. The summed E-state index contributed by atoms with van der Waals surface area (Å²) >= 11 is 6.18. The van der Waals surface area contributed by atoms with E-state index in [0.717, 1.165) is 22.4 Å². The van der Waals surface area contributed by atoms with Crippen molar-refractivity contribution >= 4 is 34.7 Å². The smallest absolute Gasteiger partial charge is 0.228 e. The summed E-state index contributed by atoms with van der Waals surface area (Å²) in [5.41, 5.74) is 4.26. The first kappa shape index (κ1) is 20.2. The molecule has 0 radical (unpaired) electrons. The maximum absolute atomic E-state index is 13.4. The number of hydrogen-bond donors (Lipinski definition) is 1. The number of nitrogens with zero attached hydrogens (tertiary/aromatic N) is 2. The predicted octanol–water partition coefficient (Wildman–Crippen LogP) is 5.64. The van der Waals surface area contributed by atoms with Crippen LogP contribution in [0.4, 0.5) is 5.69 Å². The highest BCUT2D eigenvalue weighted by Gasteiger charge is 2.42.